The minimum Gasteiger partial charge on any atom is -0.481 e. The molecular weight excluding hydrogens is 232 g/mol. The normalized spacial score (nSPS) is 12.0. The van der Waals surface area contributed by atoms with Gasteiger partial charge in [0.05, 0.1) is 0 Å². The van der Waals surface area contributed by atoms with Gasteiger partial charge in [0.15, 0.2) is 6.10 Å². The Labute approximate surface area is 106 Å². The van der Waals surface area contributed by atoms with E-state index in [-0.39, 0.29) is 5.92 Å². The molecule has 0 aliphatic heterocycles. The number of ether oxygens (including phenoxy) is 1. The monoisotopic (exact) mass is 250 g/mol. The summed E-state index contributed by atoms with van der Waals surface area (Å²) >= 11 is 0. The predicted octanol–water partition coefficient (Wildman–Crippen LogP) is 1.77. The third kappa shape index (κ3) is 3.76. The van der Waals surface area contributed by atoms with Gasteiger partial charge in [-0.25, -0.2) is 4.79 Å². The zero-order valence-electron chi connectivity index (χ0n) is 10.8. The second kappa shape index (κ2) is 6.05. The third-order valence-corrected chi connectivity index (χ3v) is 2.46. The summed E-state index contributed by atoms with van der Waals surface area (Å²) in [5, 5.41) is 1.99. The van der Waals surface area contributed by atoms with Gasteiger partial charge in [-0.05, 0) is 24.5 Å². The number of carbonyl (C=O) groups is 2. The average molecular weight is 250 g/mol. The number of nitrogens with two attached hydrogens (primary N) is 1. The Balaban J connectivity index is 2.78. The summed E-state index contributed by atoms with van der Waals surface area (Å²) in [6.07, 6.45) is -0.780. The SMILES string of the molecule is CC(Oc1ccccc1C(C)C)C(=O)NC(N)=O. The van der Waals surface area contributed by atoms with Gasteiger partial charge in [0.1, 0.15) is 5.75 Å². The van der Waals surface area contributed by atoms with Gasteiger partial charge >= 0.3 is 6.03 Å². The van der Waals surface area contributed by atoms with Crippen LogP contribution < -0.4 is 15.8 Å². The molecule has 0 spiro atoms. The first-order valence-electron chi connectivity index (χ1n) is 5.77. The molecule has 1 aromatic carbocycles. The highest BCUT2D eigenvalue weighted by Gasteiger charge is 2.18. The molecule has 1 atom stereocenters. The van der Waals surface area contributed by atoms with Crippen LogP contribution in [-0.2, 0) is 4.79 Å². The van der Waals surface area contributed by atoms with E-state index in [0.29, 0.717) is 5.75 Å². The minimum absolute atomic E-state index is 0.285. The lowest BCUT2D eigenvalue weighted by Gasteiger charge is -2.17. The first kappa shape index (κ1) is 14.0. The second-order valence-electron chi connectivity index (χ2n) is 4.31. The van der Waals surface area contributed by atoms with Crippen LogP contribution in [0.15, 0.2) is 24.3 Å². The Morgan fingerprint density at radius 2 is 1.83 bits per heavy atom. The molecule has 0 aliphatic rings. The fraction of sp³-hybridized carbons (Fsp3) is 0.385. The van der Waals surface area contributed by atoms with E-state index in [9.17, 15) is 9.59 Å². The number of urea groups is 1. The molecule has 0 aromatic heterocycles. The van der Waals surface area contributed by atoms with E-state index in [1.807, 2.05) is 37.4 Å². The maximum Gasteiger partial charge on any atom is 0.318 e. The molecule has 0 aliphatic carbocycles. The molecule has 5 nitrogen and oxygen atoms in total. The van der Waals surface area contributed by atoms with Crippen molar-refractivity contribution in [1.82, 2.24) is 5.32 Å². The number of nitrogens with one attached hydrogen (secondary N) is 1. The van der Waals surface area contributed by atoms with Crippen molar-refractivity contribution in [2.75, 3.05) is 0 Å². The van der Waals surface area contributed by atoms with Crippen molar-refractivity contribution in [1.29, 1.82) is 0 Å². The van der Waals surface area contributed by atoms with Crippen LogP contribution in [0.3, 0.4) is 0 Å². The fourth-order valence-electron chi connectivity index (χ4n) is 1.53. The zero-order chi connectivity index (χ0) is 13.7. The number of benzene rings is 1. The van der Waals surface area contributed by atoms with Gasteiger partial charge < -0.3 is 10.5 Å². The maximum absolute atomic E-state index is 11.5. The number of hydrogen-bond donors (Lipinski definition) is 2. The Morgan fingerprint density at radius 3 is 2.39 bits per heavy atom. The van der Waals surface area contributed by atoms with Crippen molar-refractivity contribution in [2.24, 2.45) is 5.73 Å². The minimum atomic E-state index is -0.882. The van der Waals surface area contributed by atoms with Crippen LogP contribution in [0.1, 0.15) is 32.3 Å². The Morgan fingerprint density at radius 1 is 1.22 bits per heavy atom. The molecule has 1 unspecified atom stereocenters. The van der Waals surface area contributed by atoms with Gasteiger partial charge in [-0.3, -0.25) is 10.1 Å². The first-order chi connectivity index (χ1) is 8.41. The molecule has 5 heteroatoms. The van der Waals surface area contributed by atoms with Gasteiger partial charge in [0.2, 0.25) is 0 Å². The summed E-state index contributed by atoms with van der Waals surface area (Å²) in [6, 6.07) is 6.60. The third-order valence-electron chi connectivity index (χ3n) is 2.46. The number of hydrogen-bond acceptors (Lipinski definition) is 3. The molecule has 0 saturated heterocycles. The van der Waals surface area contributed by atoms with Gasteiger partial charge in [-0.15, -0.1) is 0 Å². The Bertz CT molecular complexity index is 444. The van der Waals surface area contributed by atoms with Crippen LogP contribution in [-0.4, -0.2) is 18.0 Å². The molecule has 0 saturated carbocycles. The highest BCUT2D eigenvalue weighted by Crippen LogP contribution is 2.26. The molecule has 1 aromatic rings. The van der Waals surface area contributed by atoms with E-state index >= 15 is 0 Å². The van der Waals surface area contributed by atoms with Crippen LogP contribution in [0, 0.1) is 0 Å². The molecular formula is C13H18N2O3. The molecule has 0 fully saturated rings. The van der Waals surface area contributed by atoms with Gasteiger partial charge in [-0.2, -0.15) is 0 Å². The highest BCUT2D eigenvalue weighted by molar-refractivity contribution is 5.95. The molecule has 18 heavy (non-hydrogen) atoms. The summed E-state index contributed by atoms with van der Waals surface area (Å²) in [5.74, 6) is 0.369. The van der Waals surface area contributed by atoms with Gasteiger partial charge in [-0.1, -0.05) is 32.0 Å². The van der Waals surface area contributed by atoms with E-state index in [2.05, 4.69) is 0 Å². The van der Waals surface area contributed by atoms with Crippen LogP contribution in [0.2, 0.25) is 0 Å². The average Bonchev–Trinajstić information content (AvgIpc) is 2.28. The lowest BCUT2D eigenvalue weighted by molar-refractivity contribution is -0.126. The van der Waals surface area contributed by atoms with Crippen molar-refractivity contribution < 1.29 is 14.3 Å². The van der Waals surface area contributed by atoms with E-state index < -0.39 is 18.0 Å². The predicted molar refractivity (Wildman–Crippen MR) is 68.3 cm³/mol. The maximum atomic E-state index is 11.5. The van der Waals surface area contributed by atoms with Crippen molar-refractivity contribution in [3.8, 4) is 5.75 Å². The zero-order valence-corrected chi connectivity index (χ0v) is 10.8. The molecule has 3 N–H and O–H groups in total. The summed E-state index contributed by atoms with van der Waals surface area (Å²) in [5.41, 5.74) is 5.89. The largest absolute Gasteiger partial charge is 0.481 e. The molecule has 0 heterocycles. The number of rotatable bonds is 4. The molecule has 1 rings (SSSR count). The van der Waals surface area contributed by atoms with E-state index in [4.69, 9.17) is 10.5 Å². The number of imide groups is 1. The van der Waals surface area contributed by atoms with Crippen molar-refractivity contribution in [3.05, 3.63) is 29.8 Å². The van der Waals surface area contributed by atoms with Crippen LogP contribution in [0.25, 0.3) is 0 Å². The van der Waals surface area contributed by atoms with E-state index in [0.717, 1.165) is 5.56 Å². The highest BCUT2D eigenvalue weighted by atomic mass is 16.5. The summed E-state index contributed by atoms with van der Waals surface area (Å²) in [6.45, 7) is 5.64. The van der Waals surface area contributed by atoms with E-state index in [1.165, 1.54) is 0 Å². The first-order valence-corrected chi connectivity index (χ1v) is 5.77. The van der Waals surface area contributed by atoms with Gasteiger partial charge in [0, 0.05) is 0 Å². The second-order valence-corrected chi connectivity index (χ2v) is 4.31. The topological polar surface area (TPSA) is 81.4 Å². The van der Waals surface area contributed by atoms with Crippen molar-refractivity contribution in [2.45, 2.75) is 32.8 Å². The number of carbonyl (C=O) groups excluding carboxylic acids is 2. The van der Waals surface area contributed by atoms with Crippen LogP contribution in [0.5, 0.6) is 5.75 Å². The number of primary amides is 1. The molecule has 3 amide bonds. The lowest BCUT2D eigenvalue weighted by atomic mass is 10.0. The van der Waals surface area contributed by atoms with E-state index in [1.54, 1.807) is 13.0 Å². The molecule has 0 bridgehead atoms. The fourth-order valence-corrected chi connectivity index (χ4v) is 1.53. The molecule has 98 valence electrons. The standard InChI is InChI=1S/C13H18N2O3/c1-8(2)10-6-4-5-7-11(10)18-9(3)12(16)15-13(14)17/h4-9H,1-3H3,(H3,14,15,16,17). The smallest absolute Gasteiger partial charge is 0.318 e. The lowest BCUT2D eigenvalue weighted by Crippen LogP contribution is -2.42. The Kier molecular flexibility index (Phi) is 4.71. The number of amides is 3. The van der Waals surface area contributed by atoms with Crippen molar-refractivity contribution >= 4 is 11.9 Å². The molecule has 0 radical (unpaired) electrons. The van der Waals surface area contributed by atoms with Crippen molar-refractivity contribution in [3.63, 3.8) is 0 Å². The summed E-state index contributed by atoms with van der Waals surface area (Å²) < 4.78 is 5.55. The summed E-state index contributed by atoms with van der Waals surface area (Å²) in [7, 11) is 0. The summed E-state index contributed by atoms with van der Waals surface area (Å²) in [4.78, 5) is 22.1. The van der Waals surface area contributed by atoms with Crippen LogP contribution in [0.4, 0.5) is 4.79 Å². The van der Waals surface area contributed by atoms with Gasteiger partial charge in [0.25, 0.3) is 5.91 Å². The number of para-hydroxylation sites is 1. The van der Waals surface area contributed by atoms with Crippen LogP contribution >= 0.6 is 0 Å². The quantitative estimate of drug-likeness (QED) is 0.854. The Hall–Kier alpha value is -2.04.